The van der Waals surface area contributed by atoms with Crippen LogP contribution in [0.4, 0.5) is 5.95 Å². The third-order valence-corrected chi connectivity index (χ3v) is 6.59. The maximum absolute atomic E-state index is 4.55. The van der Waals surface area contributed by atoms with Crippen LogP contribution in [-0.4, -0.2) is 16.1 Å². The van der Waals surface area contributed by atoms with Gasteiger partial charge >= 0.3 is 0 Å². The van der Waals surface area contributed by atoms with Crippen molar-refractivity contribution in [1.82, 2.24) is 9.55 Å². The van der Waals surface area contributed by atoms with Crippen molar-refractivity contribution in [1.29, 1.82) is 0 Å². The van der Waals surface area contributed by atoms with Gasteiger partial charge in [-0.15, -0.1) is 0 Å². The van der Waals surface area contributed by atoms with Gasteiger partial charge in [-0.25, -0.2) is 4.98 Å². The summed E-state index contributed by atoms with van der Waals surface area (Å²) >= 11 is 0. The minimum atomic E-state index is 0.554. The molecule has 0 aliphatic heterocycles. The highest BCUT2D eigenvalue weighted by Gasteiger charge is 2.53. The number of nitrogens with one attached hydrogen (secondary N) is 1. The second kappa shape index (κ2) is 5.03. The molecule has 0 amide bonds. The smallest absolute Gasteiger partial charge is 0.203 e. The van der Waals surface area contributed by atoms with Crippen molar-refractivity contribution in [2.24, 2.45) is 23.2 Å². The zero-order chi connectivity index (χ0) is 14.4. The van der Waals surface area contributed by atoms with Crippen LogP contribution in [0.1, 0.15) is 64.8 Å². The average Bonchev–Trinajstić information content (AvgIpc) is 2.91. The van der Waals surface area contributed by atoms with E-state index in [1.165, 1.54) is 38.5 Å². The molecule has 3 nitrogen and oxygen atoms in total. The topological polar surface area (TPSA) is 29.9 Å². The standard InChI is InChI=1S/C18H29N3/c1-3-4-19-17-20-5-6-21(17)13(2)18-10-14-7-15(11-18)9-16(8-14)12-18/h5-6,13-16H,3-4,7-12H2,1-2H3,(H,19,20). The molecule has 0 saturated heterocycles. The van der Waals surface area contributed by atoms with E-state index in [-0.39, 0.29) is 0 Å². The molecule has 1 heterocycles. The van der Waals surface area contributed by atoms with Gasteiger partial charge in [0.05, 0.1) is 0 Å². The summed E-state index contributed by atoms with van der Waals surface area (Å²) in [5, 5.41) is 3.51. The molecule has 1 atom stereocenters. The van der Waals surface area contributed by atoms with Crippen LogP contribution in [0, 0.1) is 23.2 Å². The highest BCUT2D eigenvalue weighted by molar-refractivity contribution is 5.27. The van der Waals surface area contributed by atoms with Crippen molar-refractivity contribution in [3.63, 3.8) is 0 Å². The van der Waals surface area contributed by atoms with Gasteiger partial charge in [-0.2, -0.15) is 0 Å². The molecule has 0 spiro atoms. The highest BCUT2D eigenvalue weighted by atomic mass is 15.2. The molecule has 21 heavy (non-hydrogen) atoms. The molecule has 1 N–H and O–H groups in total. The maximum atomic E-state index is 4.55. The van der Waals surface area contributed by atoms with Gasteiger partial charge < -0.3 is 9.88 Å². The van der Waals surface area contributed by atoms with E-state index in [1.54, 1.807) is 0 Å². The zero-order valence-electron chi connectivity index (χ0n) is 13.5. The summed E-state index contributed by atoms with van der Waals surface area (Å²) in [5.41, 5.74) is 0.554. The lowest BCUT2D eigenvalue weighted by Crippen LogP contribution is -2.49. The van der Waals surface area contributed by atoms with Crippen molar-refractivity contribution in [3.05, 3.63) is 12.4 Å². The van der Waals surface area contributed by atoms with Crippen molar-refractivity contribution < 1.29 is 0 Å². The van der Waals surface area contributed by atoms with Crippen molar-refractivity contribution in [2.45, 2.75) is 64.8 Å². The molecule has 0 radical (unpaired) electrons. The fraction of sp³-hybridized carbons (Fsp3) is 0.833. The third kappa shape index (κ3) is 2.20. The van der Waals surface area contributed by atoms with Crippen molar-refractivity contribution in [3.8, 4) is 0 Å². The van der Waals surface area contributed by atoms with Crippen LogP contribution in [0.25, 0.3) is 0 Å². The van der Waals surface area contributed by atoms with Crippen LogP contribution in [-0.2, 0) is 0 Å². The minimum absolute atomic E-state index is 0.554. The summed E-state index contributed by atoms with van der Waals surface area (Å²) in [6, 6.07) is 0.591. The summed E-state index contributed by atoms with van der Waals surface area (Å²) in [4.78, 5) is 4.55. The van der Waals surface area contributed by atoms with E-state index in [0.29, 0.717) is 11.5 Å². The van der Waals surface area contributed by atoms with Gasteiger partial charge in [0.15, 0.2) is 0 Å². The lowest BCUT2D eigenvalue weighted by Gasteiger charge is -2.59. The monoisotopic (exact) mass is 287 g/mol. The fourth-order valence-corrected chi connectivity index (χ4v) is 5.98. The predicted octanol–water partition coefficient (Wildman–Crippen LogP) is 4.48. The summed E-state index contributed by atoms with van der Waals surface area (Å²) in [7, 11) is 0. The Balaban J connectivity index is 1.59. The number of hydrogen-bond acceptors (Lipinski definition) is 2. The quantitative estimate of drug-likeness (QED) is 0.865. The van der Waals surface area contributed by atoms with Crippen LogP contribution < -0.4 is 5.32 Å². The normalized spacial score (nSPS) is 38.7. The van der Waals surface area contributed by atoms with Gasteiger partial charge in [0.25, 0.3) is 0 Å². The second-order valence-electron chi connectivity index (χ2n) is 8.04. The summed E-state index contributed by atoms with van der Waals surface area (Å²) in [6.45, 7) is 5.68. The molecule has 116 valence electrons. The van der Waals surface area contributed by atoms with Gasteiger partial charge in [0.2, 0.25) is 5.95 Å². The number of aromatic nitrogens is 2. The first-order valence-corrected chi connectivity index (χ1v) is 8.97. The lowest BCUT2D eigenvalue weighted by atomic mass is 9.48. The van der Waals surface area contributed by atoms with Gasteiger partial charge in [0, 0.05) is 25.0 Å². The Morgan fingerprint density at radius 3 is 2.43 bits per heavy atom. The Kier molecular flexibility index (Phi) is 3.27. The fourth-order valence-electron chi connectivity index (χ4n) is 5.98. The summed E-state index contributed by atoms with van der Waals surface area (Å²) < 4.78 is 2.43. The van der Waals surface area contributed by atoms with E-state index in [2.05, 4.69) is 34.9 Å². The second-order valence-corrected chi connectivity index (χ2v) is 8.04. The van der Waals surface area contributed by atoms with Gasteiger partial charge in [-0.3, -0.25) is 0 Å². The van der Waals surface area contributed by atoms with E-state index in [0.717, 1.165) is 36.7 Å². The summed E-state index contributed by atoms with van der Waals surface area (Å²) in [5.74, 6) is 4.15. The molecule has 1 aromatic rings. The molecule has 4 aliphatic rings. The Hall–Kier alpha value is -0.990. The van der Waals surface area contributed by atoms with Crippen LogP contribution in [0.15, 0.2) is 12.4 Å². The first-order valence-electron chi connectivity index (χ1n) is 8.97. The summed E-state index contributed by atoms with van der Waals surface area (Å²) in [6.07, 6.45) is 14.3. The molecule has 4 fully saturated rings. The molecule has 5 rings (SSSR count). The largest absolute Gasteiger partial charge is 0.356 e. The molecule has 4 saturated carbocycles. The molecule has 1 aromatic heterocycles. The van der Waals surface area contributed by atoms with Gasteiger partial charge in [0.1, 0.15) is 0 Å². The Labute approximate surface area is 128 Å². The van der Waals surface area contributed by atoms with E-state index >= 15 is 0 Å². The molecule has 4 aliphatic carbocycles. The van der Waals surface area contributed by atoms with E-state index in [1.807, 2.05) is 6.20 Å². The molecular formula is C18H29N3. The van der Waals surface area contributed by atoms with Crippen LogP contribution in [0.2, 0.25) is 0 Å². The number of anilines is 1. The first-order chi connectivity index (χ1) is 10.2. The van der Waals surface area contributed by atoms with Gasteiger partial charge in [-0.1, -0.05) is 6.92 Å². The zero-order valence-corrected chi connectivity index (χ0v) is 13.5. The third-order valence-electron chi connectivity index (χ3n) is 6.59. The molecule has 3 heteroatoms. The highest BCUT2D eigenvalue weighted by Crippen LogP contribution is 2.63. The molecular weight excluding hydrogens is 258 g/mol. The molecule has 4 bridgehead atoms. The molecule has 1 unspecified atom stereocenters. The van der Waals surface area contributed by atoms with Crippen LogP contribution in [0.3, 0.4) is 0 Å². The number of rotatable bonds is 5. The van der Waals surface area contributed by atoms with E-state index < -0.39 is 0 Å². The van der Waals surface area contributed by atoms with Crippen LogP contribution >= 0.6 is 0 Å². The molecule has 0 aromatic carbocycles. The van der Waals surface area contributed by atoms with Gasteiger partial charge in [-0.05, 0) is 75.0 Å². The van der Waals surface area contributed by atoms with E-state index in [4.69, 9.17) is 0 Å². The Morgan fingerprint density at radius 1 is 1.24 bits per heavy atom. The average molecular weight is 287 g/mol. The van der Waals surface area contributed by atoms with Crippen LogP contribution in [0.5, 0.6) is 0 Å². The lowest BCUT2D eigenvalue weighted by molar-refractivity contribution is -0.0784. The van der Waals surface area contributed by atoms with Crippen molar-refractivity contribution in [2.75, 3.05) is 11.9 Å². The van der Waals surface area contributed by atoms with E-state index in [9.17, 15) is 0 Å². The maximum Gasteiger partial charge on any atom is 0.203 e. The van der Waals surface area contributed by atoms with Crippen molar-refractivity contribution >= 4 is 5.95 Å². The number of hydrogen-bond donors (Lipinski definition) is 1. The number of nitrogens with zero attached hydrogens (tertiary/aromatic N) is 2. The minimum Gasteiger partial charge on any atom is -0.356 e. The number of imidazole rings is 1. The SMILES string of the molecule is CCCNc1nccn1C(C)C12CC3CC(CC(C3)C1)C2. The Bertz CT molecular complexity index is 469. The first kappa shape index (κ1) is 13.7. The Morgan fingerprint density at radius 2 is 1.86 bits per heavy atom. The predicted molar refractivity (Wildman–Crippen MR) is 86.3 cm³/mol.